The minimum absolute atomic E-state index is 0.154. The van der Waals surface area contributed by atoms with E-state index in [-0.39, 0.29) is 23.8 Å². The first-order chi connectivity index (χ1) is 9.89. The zero-order valence-corrected chi connectivity index (χ0v) is 12.1. The summed E-state index contributed by atoms with van der Waals surface area (Å²) >= 11 is 0. The summed E-state index contributed by atoms with van der Waals surface area (Å²) in [7, 11) is -3.60. The molecule has 7 heteroatoms. The molecule has 1 fully saturated rings. The summed E-state index contributed by atoms with van der Waals surface area (Å²) in [6.45, 7) is 0. The number of nitrogens with zero attached hydrogens (tertiary/aromatic N) is 1. The van der Waals surface area contributed by atoms with Crippen molar-refractivity contribution in [1.82, 2.24) is 4.72 Å². The summed E-state index contributed by atoms with van der Waals surface area (Å²) in [5.41, 5.74) is -1.38. The highest BCUT2D eigenvalue weighted by atomic mass is 32.2. The average molecular weight is 308 g/mol. The predicted octanol–water partition coefficient (Wildman–Crippen LogP) is 1.50. The summed E-state index contributed by atoms with van der Waals surface area (Å²) in [5, 5.41) is 18.2. The van der Waals surface area contributed by atoms with Crippen molar-refractivity contribution in [3.8, 4) is 6.07 Å². The maximum Gasteiger partial charge on any atom is 0.324 e. The van der Waals surface area contributed by atoms with Crippen LogP contribution in [-0.4, -0.2) is 25.5 Å². The van der Waals surface area contributed by atoms with Gasteiger partial charge in [0.1, 0.15) is 0 Å². The number of benzene rings is 1. The third-order valence-electron chi connectivity index (χ3n) is 3.84. The van der Waals surface area contributed by atoms with Gasteiger partial charge < -0.3 is 5.11 Å². The molecule has 0 saturated heterocycles. The van der Waals surface area contributed by atoms with Gasteiger partial charge in [0.25, 0.3) is 0 Å². The highest BCUT2D eigenvalue weighted by molar-refractivity contribution is 7.89. The number of aliphatic carboxylic acids is 1. The summed E-state index contributed by atoms with van der Waals surface area (Å²) in [5.74, 6) is -1.13. The van der Waals surface area contributed by atoms with Crippen LogP contribution in [-0.2, 0) is 14.8 Å². The van der Waals surface area contributed by atoms with Crippen molar-refractivity contribution in [3.63, 3.8) is 0 Å². The molecule has 0 aliphatic heterocycles. The van der Waals surface area contributed by atoms with E-state index in [2.05, 4.69) is 4.72 Å². The molecule has 1 aliphatic rings. The van der Waals surface area contributed by atoms with E-state index < -0.39 is 21.4 Å². The molecule has 1 aliphatic carbocycles. The third-order valence-corrected chi connectivity index (χ3v) is 5.37. The number of hydrogen-bond donors (Lipinski definition) is 2. The summed E-state index contributed by atoms with van der Waals surface area (Å²) in [4.78, 5) is 11.3. The van der Waals surface area contributed by atoms with Gasteiger partial charge >= 0.3 is 5.97 Å². The predicted molar refractivity (Wildman–Crippen MR) is 74.7 cm³/mol. The molecule has 0 unspecified atom stereocenters. The van der Waals surface area contributed by atoms with Gasteiger partial charge in [-0.1, -0.05) is 18.2 Å². The Kier molecular flexibility index (Phi) is 4.30. The van der Waals surface area contributed by atoms with Crippen LogP contribution >= 0.6 is 0 Å². The SMILES string of the molecule is N#CC1(C(=O)O)CCC(NS(=O)(=O)c2ccccc2)CC1. The molecular formula is C14H16N2O4S. The van der Waals surface area contributed by atoms with Gasteiger partial charge in [-0.25, -0.2) is 13.1 Å². The lowest BCUT2D eigenvalue weighted by atomic mass is 9.74. The largest absolute Gasteiger partial charge is 0.480 e. The smallest absolute Gasteiger partial charge is 0.324 e. The van der Waals surface area contributed by atoms with Crippen molar-refractivity contribution in [2.45, 2.75) is 36.6 Å². The molecule has 0 amide bonds. The fraction of sp³-hybridized carbons (Fsp3) is 0.429. The first-order valence-electron chi connectivity index (χ1n) is 6.62. The molecule has 0 bridgehead atoms. The lowest BCUT2D eigenvalue weighted by Gasteiger charge is -2.31. The zero-order valence-electron chi connectivity index (χ0n) is 11.3. The van der Waals surface area contributed by atoms with Crippen molar-refractivity contribution < 1.29 is 18.3 Å². The minimum Gasteiger partial charge on any atom is -0.480 e. The number of nitriles is 1. The van der Waals surface area contributed by atoms with Crippen LogP contribution in [0.25, 0.3) is 0 Å². The molecule has 2 N–H and O–H groups in total. The second-order valence-electron chi connectivity index (χ2n) is 5.21. The quantitative estimate of drug-likeness (QED) is 0.876. The topological polar surface area (TPSA) is 107 Å². The van der Waals surface area contributed by atoms with Gasteiger partial charge in [0.05, 0.1) is 11.0 Å². The van der Waals surface area contributed by atoms with E-state index in [1.54, 1.807) is 18.2 Å². The van der Waals surface area contributed by atoms with Crippen molar-refractivity contribution in [1.29, 1.82) is 5.26 Å². The van der Waals surface area contributed by atoms with E-state index in [9.17, 15) is 13.2 Å². The number of nitrogens with one attached hydrogen (secondary N) is 1. The van der Waals surface area contributed by atoms with Crippen LogP contribution in [0.4, 0.5) is 0 Å². The molecule has 0 radical (unpaired) electrons. The Hall–Kier alpha value is -1.91. The molecule has 0 aromatic heterocycles. The normalized spacial score (nSPS) is 26.0. The van der Waals surface area contributed by atoms with Crippen molar-refractivity contribution in [2.24, 2.45) is 5.41 Å². The maximum atomic E-state index is 12.2. The van der Waals surface area contributed by atoms with E-state index in [1.807, 2.05) is 6.07 Å². The van der Waals surface area contributed by atoms with Gasteiger partial charge in [0.2, 0.25) is 10.0 Å². The molecule has 1 saturated carbocycles. The van der Waals surface area contributed by atoms with Crippen molar-refractivity contribution >= 4 is 16.0 Å². The van der Waals surface area contributed by atoms with E-state index >= 15 is 0 Å². The molecule has 1 aromatic rings. The molecule has 112 valence electrons. The third kappa shape index (κ3) is 3.23. The fourth-order valence-corrected chi connectivity index (χ4v) is 3.82. The number of sulfonamides is 1. The molecule has 0 atom stereocenters. The number of hydrogen-bond acceptors (Lipinski definition) is 4. The molecule has 0 spiro atoms. The summed E-state index contributed by atoms with van der Waals surface area (Å²) in [6.07, 6.45) is 0.986. The molecule has 0 heterocycles. The Balaban J connectivity index is 2.05. The Labute approximate surface area is 123 Å². The monoisotopic (exact) mass is 308 g/mol. The van der Waals surface area contributed by atoms with Gasteiger partial charge in [0, 0.05) is 6.04 Å². The Morgan fingerprint density at radius 3 is 2.33 bits per heavy atom. The van der Waals surface area contributed by atoms with E-state index in [1.165, 1.54) is 12.1 Å². The number of carboxylic acid groups (broad SMARTS) is 1. The van der Waals surface area contributed by atoms with Crippen LogP contribution in [0.3, 0.4) is 0 Å². The Bertz CT molecular complexity index is 656. The number of carbonyl (C=O) groups is 1. The van der Waals surface area contributed by atoms with Crippen LogP contribution in [0, 0.1) is 16.7 Å². The highest BCUT2D eigenvalue weighted by Gasteiger charge is 2.43. The van der Waals surface area contributed by atoms with Gasteiger partial charge in [-0.15, -0.1) is 0 Å². The zero-order chi connectivity index (χ0) is 15.5. The first-order valence-corrected chi connectivity index (χ1v) is 8.10. The van der Waals surface area contributed by atoms with Crippen molar-refractivity contribution in [2.75, 3.05) is 0 Å². The second-order valence-corrected chi connectivity index (χ2v) is 6.92. The molecule has 21 heavy (non-hydrogen) atoms. The van der Waals surface area contributed by atoms with Crippen molar-refractivity contribution in [3.05, 3.63) is 30.3 Å². The van der Waals surface area contributed by atoms with E-state index in [0.29, 0.717) is 12.8 Å². The van der Waals surface area contributed by atoms with Gasteiger partial charge in [0.15, 0.2) is 5.41 Å². The molecule has 6 nitrogen and oxygen atoms in total. The van der Waals surface area contributed by atoms with Crippen LogP contribution in [0.5, 0.6) is 0 Å². The molecular weight excluding hydrogens is 292 g/mol. The van der Waals surface area contributed by atoms with Gasteiger partial charge in [-0.2, -0.15) is 5.26 Å². The lowest BCUT2D eigenvalue weighted by Crippen LogP contribution is -2.42. The lowest BCUT2D eigenvalue weighted by molar-refractivity contribution is -0.147. The second kappa shape index (κ2) is 5.84. The fourth-order valence-electron chi connectivity index (χ4n) is 2.49. The standard InChI is InChI=1S/C14H16N2O4S/c15-10-14(13(17)18)8-6-11(7-9-14)16-21(19,20)12-4-2-1-3-5-12/h1-5,11,16H,6-9H2,(H,17,18). The van der Waals surface area contributed by atoms with Gasteiger partial charge in [-0.3, -0.25) is 4.79 Å². The van der Waals surface area contributed by atoms with Crippen LogP contribution in [0.1, 0.15) is 25.7 Å². The van der Waals surface area contributed by atoms with Crippen LogP contribution in [0.2, 0.25) is 0 Å². The van der Waals surface area contributed by atoms with Crippen LogP contribution in [0.15, 0.2) is 35.2 Å². The van der Waals surface area contributed by atoms with E-state index in [4.69, 9.17) is 10.4 Å². The first kappa shape index (κ1) is 15.5. The average Bonchev–Trinajstić information content (AvgIpc) is 2.48. The van der Waals surface area contributed by atoms with E-state index in [0.717, 1.165) is 0 Å². The highest BCUT2D eigenvalue weighted by Crippen LogP contribution is 2.36. The van der Waals surface area contributed by atoms with Gasteiger partial charge in [-0.05, 0) is 37.8 Å². The Morgan fingerprint density at radius 2 is 1.86 bits per heavy atom. The Morgan fingerprint density at radius 1 is 1.29 bits per heavy atom. The van der Waals surface area contributed by atoms with Crippen LogP contribution < -0.4 is 4.72 Å². The minimum atomic E-state index is -3.60. The maximum absolute atomic E-state index is 12.2. The summed E-state index contributed by atoms with van der Waals surface area (Å²) in [6, 6.07) is 9.53. The number of carboxylic acids is 1. The molecule has 1 aromatic carbocycles. The number of rotatable bonds is 4. The summed E-state index contributed by atoms with van der Waals surface area (Å²) < 4.78 is 26.9. The molecule has 2 rings (SSSR count).